The second kappa shape index (κ2) is 4.73. The number of rotatable bonds is 0. The summed E-state index contributed by atoms with van der Waals surface area (Å²) in [6, 6.07) is 0. The van der Waals surface area contributed by atoms with Crippen LogP contribution in [0.5, 0.6) is 0 Å². The molecule has 154 valence electrons. The van der Waals surface area contributed by atoms with Gasteiger partial charge in [0.2, 0.25) is 0 Å². The van der Waals surface area contributed by atoms with Gasteiger partial charge in [0.1, 0.15) is 5.78 Å². The summed E-state index contributed by atoms with van der Waals surface area (Å²) in [4.78, 5) is 12.3. The number of carbonyl (C=O) groups excluding carboxylic acids is 1. The molecule has 0 aromatic rings. The molecule has 0 radical (unpaired) electrons. The zero-order valence-electron chi connectivity index (χ0n) is 17.2. The average Bonchev–Trinajstić information content (AvgIpc) is 3.54. The van der Waals surface area contributed by atoms with Crippen LogP contribution in [0.4, 0.5) is 0 Å². The van der Waals surface area contributed by atoms with Crippen molar-refractivity contribution in [2.75, 3.05) is 0 Å². The first-order chi connectivity index (χ1) is 13.3. The highest BCUT2D eigenvalue weighted by molar-refractivity contribution is 5.81. The molecule has 0 aromatic carbocycles. The first-order valence-electron chi connectivity index (χ1n) is 11.9. The van der Waals surface area contributed by atoms with E-state index in [1.165, 1.54) is 6.42 Å². The molecular weight excluding hydrogens is 352 g/mol. The van der Waals surface area contributed by atoms with E-state index in [1.54, 1.807) is 0 Å². The second-order valence-electron chi connectivity index (χ2n) is 12.2. The Morgan fingerprint density at radius 2 is 1.75 bits per heavy atom. The van der Waals surface area contributed by atoms with Gasteiger partial charge < -0.3 is 14.9 Å². The highest BCUT2D eigenvalue weighted by Crippen LogP contribution is 2.83. The van der Waals surface area contributed by atoms with Crippen molar-refractivity contribution >= 4 is 5.78 Å². The standard InChI is InChI=1S/C24H34O4/c1-21-6-3-12(25)11-23(21,27)16-9-13(16)19-15(21)4-7-22(2)20(19)14-10-17(14)24(22)8-5-18(26)28-24/h13-20,26-27H,3-11H2,1-2H3/t13?,14?,15-,16?,17?,18?,19?,20-,21+,22-,23+,24-/m0/s1. The molecule has 2 N–H and O–H groups in total. The van der Waals surface area contributed by atoms with Crippen molar-refractivity contribution in [3.63, 3.8) is 0 Å². The van der Waals surface area contributed by atoms with Crippen molar-refractivity contribution in [2.24, 2.45) is 52.3 Å². The van der Waals surface area contributed by atoms with Crippen molar-refractivity contribution in [3.05, 3.63) is 0 Å². The van der Waals surface area contributed by atoms with E-state index >= 15 is 0 Å². The van der Waals surface area contributed by atoms with Gasteiger partial charge in [0.25, 0.3) is 0 Å². The summed E-state index contributed by atoms with van der Waals surface area (Å²) >= 11 is 0. The summed E-state index contributed by atoms with van der Waals surface area (Å²) in [6.45, 7) is 4.82. The lowest BCUT2D eigenvalue weighted by molar-refractivity contribution is -0.238. The predicted molar refractivity (Wildman–Crippen MR) is 102 cm³/mol. The van der Waals surface area contributed by atoms with E-state index in [4.69, 9.17) is 4.74 Å². The molecule has 0 aromatic heterocycles. The van der Waals surface area contributed by atoms with E-state index in [9.17, 15) is 15.0 Å². The van der Waals surface area contributed by atoms with Crippen LogP contribution in [0.3, 0.4) is 0 Å². The van der Waals surface area contributed by atoms with Gasteiger partial charge in [-0.05, 0) is 80.0 Å². The van der Waals surface area contributed by atoms with Gasteiger partial charge in [-0.25, -0.2) is 0 Å². The number of hydrogen-bond acceptors (Lipinski definition) is 4. The van der Waals surface area contributed by atoms with Crippen LogP contribution < -0.4 is 0 Å². The summed E-state index contributed by atoms with van der Waals surface area (Å²) in [6.07, 6.45) is 7.94. The zero-order valence-corrected chi connectivity index (χ0v) is 17.2. The SMILES string of the molecule is C[C@]12CC[C@H]3C(C4CC4[C@]4(O)CC(=O)CC[C@]34C)[C@@H]1C1CC1[C@@]21CCC(O)O1. The minimum Gasteiger partial charge on any atom is -0.389 e. The van der Waals surface area contributed by atoms with Gasteiger partial charge in [-0.1, -0.05) is 13.8 Å². The van der Waals surface area contributed by atoms with E-state index in [-0.39, 0.29) is 22.2 Å². The molecule has 1 saturated heterocycles. The number of aliphatic hydroxyl groups is 2. The first kappa shape index (κ1) is 17.3. The molecule has 7 rings (SSSR count). The highest BCUT2D eigenvalue weighted by atomic mass is 16.6. The molecule has 7 fully saturated rings. The van der Waals surface area contributed by atoms with E-state index in [2.05, 4.69) is 13.8 Å². The number of Topliss-reactive ketones (excluding diaryl/α,β-unsaturated/α-hetero) is 1. The molecule has 1 spiro atoms. The Kier molecular flexibility index (Phi) is 2.91. The second-order valence-corrected chi connectivity index (χ2v) is 12.2. The monoisotopic (exact) mass is 386 g/mol. The van der Waals surface area contributed by atoms with E-state index < -0.39 is 11.9 Å². The minimum atomic E-state index is -0.749. The fourth-order valence-corrected chi connectivity index (χ4v) is 10.5. The van der Waals surface area contributed by atoms with Gasteiger partial charge in [-0.2, -0.15) is 0 Å². The third-order valence-corrected chi connectivity index (χ3v) is 11.7. The first-order valence-corrected chi connectivity index (χ1v) is 11.9. The highest BCUT2D eigenvalue weighted by Gasteiger charge is 2.82. The van der Waals surface area contributed by atoms with Crippen LogP contribution in [0.25, 0.3) is 0 Å². The Morgan fingerprint density at radius 1 is 0.964 bits per heavy atom. The van der Waals surface area contributed by atoms with Crippen molar-refractivity contribution in [3.8, 4) is 0 Å². The number of aliphatic hydroxyl groups excluding tert-OH is 1. The molecule has 4 nitrogen and oxygen atoms in total. The van der Waals surface area contributed by atoms with Crippen molar-refractivity contribution in [1.82, 2.24) is 0 Å². The minimum absolute atomic E-state index is 0.0890. The maximum absolute atomic E-state index is 12.3. The summed E-state index contributed by atoms with van der Waals surface area (Å²) in [5.74, 6) is 4.58. The number of hydrogen-bond donors (Lipinski definition) is 2. The van der Waals surface area contributed by atoms with Gasteiger partial charge in [0, 0.05) is 30.1 Å². The van der Waals surface area contributed by atoms with Crippen molar-refractivity contribution in [1.29, 1.82) is 0 Å². The maximum atomic E-state index is 12.3. The fraction of sp³-hybridized carbons (Fsp3) is 0.958. The molecular formula is C24H34O4. The third kappa shape index (κ3) is 1.62. The Morgan fingerprint density at radius 3 is 2.50 bits per heavy atom. The predicted octanol–water partition coefficient (Wildman–Crippen LogP) is 3.29. The summed E-state index contributed by atoms with van der Waals surface area (Å²) in [5, 5.41) is 22.1. The Bertz CT molecular complexity index is 781. The maximum Gasteiger partial charge on any atom is 0.155 e. The molecule has 28 heavy (non-hydrogen) atoms. The lowest BCUT2D eigenvalue weighted by Gasteiger charge is -2.64. The Labute approximate surface area is 167 Å². The molecule has 0 amide bonds. The molecule has 6 unspecified atom stereocenters. The molecule has 7 aliphatic rings. The molecule has 0 bridgehead atoms. The van der Waals surface area contributed by atoms with Gasteiger partial charge in [-0.15, -0.1) is 0 Å². The molecule has 12 atom stereocenters. The number of ketones is 1. The van der Waals surface area contributed by atoms with Crippen LogP contribution in [-0.4, -0.2) is 33.5 Å². The average molecular weight is 387 g/mol. The van der Waals surface area contributed by atoms with Crippen LogP contribution in [0, 0.1) is 52.3 Å². The molecule has 6 saturated carbocycles. The smallest absolute Gasteiger partial charge is 0.155 e. The Hall–Kier alpha value is -0.450. The van der Waals surface area contributed by atoms with Crippen molar-refractivity contribution in [2.45, 2.75) is 89.1 Å². The van der Waals surface area contributed by atoms with Crippen molar-refractivity contribution < 1.29 is 19.7 Å². The molecule has 1 heterocycles. The zero-order chi connectivity index (χ0) is 19.3. The van der Waals surface area contributed by atoms with Gasteiger partial charge >= 0.3 is 0 Å². The van der Waals surface area contributed by atoms with E-state index in [0.717, 1.165) is 44.4 Å². The topological polar surface area (TPSA) is 66.8 Å². The molecule has 6 aliphatic carbocycles. The van der Waals surface area contributed by atoms with Gasteiger partial charge in [0.15, 0.2) is 6.29 Å². The lowest BCUT2D eigenvalue weighted by Crippen LogP contribution is -2.65. The van der Waals surface area contributed by atoms with Crippen LogP contribution in [-0.2, 0) is 9.53 Å². The van der Waals surface area contributed by atoms with E-state index in [0.29, 0.717) is 48.3 Å². The third-order valence-electron chi connectivity index (χ3n) is 11.7. The van der Waals surface area contributed by atoms with Gasteiger partial charge in [0.05, 0.1) is 11.2 Å². The van der Waals surface area contributed by atoms with Crippen LogP contribution in [0.2, 0.25) is 0 Å². The van der Waals surface area contributed by atoms with Gasteiger partial charge in [-0.3, -0.25) is 4.79 Å². The van der Waals surface area contributed by atoms with Crippen LogP contribution >= 0.6 is 0 Å². The van der Waals surface area contributed by atoms with Crippen LogP contribution in [0.15, 0.2) is 0 Å². The molecule has 4 heteroatoms. The molecule has 1 aliphatic heterocycles. The summed E-state index contributed by atoms with van der Waals surface area (Å²) in [5.41, 5.74) is -0.751. The summed E-state index contributed by atoms with van der Waals surface area (Å²) < 4.78 is 6.39. The quantitative estimate of drug-likeness (QED) is 0.670. The lowest BCUT2D eigenvalue weighted by atomic mass is 9.42. The van der Waals surface area contributed by atoms with Crippen LogP contribution in [0.1, 0.15) is 71.6 Å². The number of ether oxygens (including phenoxy) is 1. The largest absolute Gasteiger partial charge is 0.389 e. The number of carbonyl (C=O) groups is 1. The van der Waals surface area contributed by atoms with E-state index in [1.807, 2.05) is 0 Å². The summed E-state index contributed by atoms with van der Waals surface area (Å²) in [7, 11) is 0. The fourth-order valence-electron chi connectivity index (χ4n) is 10.5. The Balaban J connectivity index is 1.32. The normalized spacial score (nSPS) is 68.6. The number of fused-ring (bicyclic) bond motifs is 12.